The van der Waals surface area contributed by atoms with Crippen molar-refractivity contribution in [2.75, 3.05) is 24.6 Å². The summed E-state index contributed by atoms with van der Waals surface area (Å²) in [5, 5.41) is 23.3. The number of thioether (sulfide) groups is 1. The van der Waals surface area contributed by atoms with E-state index in [4.69, 9.17) is 0 Å². The van der Waals surface area contributed by atoms with Gasteiger partial charge in [0.15, 0.2) is 0 Å². The Balaban J connectivity index is 2.26. The van der Waals surface area contributed by atoms with Crippen molar-refractivity contribution < 1.29 is 19.8 Å². The second kappa shape index (κ2) is 7.72. The molecule has 0 aromatic carbocycles. The molecule has 0 aromatic heterocycles. The fourth-order valence-electron chi connectivity index (χ4n) is 5.21. The van der Waals surface area contributed by atoms with E-state index < -0.39 is 17.7 Å². The first-order valence-corrected chi connectivity index (χ1v) is 11.0. The van der Waals surface area contributed by atoms with Crippen molar-refractivity contribution in [3.05, 3.63) is 0 Å². The molecule has 0 aliphatic carbocycles. The third-order valence-corrected chi connectivity index (χ3v) is 7.77. The van der Waals surface area contributed by atoms with Crippen molar-refractivity contribution in [3.8, 4) is 0 Å². The Morgan fingerprint density at radius 3 is 2.15 bits per heavy atom. The van der Waals surface area contributed by atoms with Gasteiger partial charge in [-0.1, -0.05) is 41.5 Å². The predicted molar refractivity (Wildman–Crippen MR) is 104 cm³/mol. The first-order chi connectivity index (χ1) is 12.3. The van der Waals surface area contributed by atoms with Crippen LogP contribution >= 0.6 is 11.8 Å². The van der Waals surface area contributed by atoms with E-state index >= 15 is 0 Å². The van der Waals surface area contributed by atoms with Gasteiger partial charge in [0.1, 0.15) is 12.2 Å². The molecule has 1 unspecified atom stereocenters. The van der Waals surface area contributed by atoms with E-state index in [1.807, 2.05) is 0 Å². The topological polar surface area (TPSA) is 86.7 Å². The van der Waals surface area contributed by atoms with Crippen molar-refractivity contribution in [2.45, 2.75) is 72.4 Å². The average Bonchev–Trinajstić information content (AvgIpc) is 3.10. The van der Waals surface area contributed by atoms with E-state index in [-0.39, 0.29) is 22.8 Å². The van der Waals surface area contributed by atoms with Crippen LogP contribution in [0.15, 0.2) is 0 Å². The van der Waals surface area contributed by atoms with Gasteiger partial charge in [0.25, 0.3) is 0 Å². The fourth-order valence-corrected chi connectivity index (χ4v) is 7.05. The van der Waals surface area contributed by atoms with E-state index in [2.05, 4.69) is 41.5 Å². The van der Waals surface area contributed by atoms with Gasteiger partial charge in [0.2, 0.25) is 0 Å². The van der Waals surface area contributed by atoms with Gasteiger partial charge < -0.3 is 29.6 Å². The van der Waals surface area contributed by atoms with Crippen LogP contribution in [0.25, 0.3) is 0 Å². The number of carbonyl (C=O) groups is 2. The summed E-state index contributed by atoms with van der Waals surface area (Å²) < 4.78 is 0. The van der Waals surface area contributed by atoms with E-state index in [1.54, 1.807) is 16.7 Å². The van der Waals surface area contributed by atoms with Crippen LogP contribution in [-0.2, 0) is 0 Å². The van der Waals surface area contributed by atoms with Gasteiger partial charge >= 0.3 is 0 Å². The zero-order valence-electron chi connectivity index (χ0n) is 17.5. The average molecular weight is 399 g/mol. The Bertz CT molecular complexity index is 569. The van der Waals surface area contributed by atoms with Crippen LogP contribution in [0.3, 0.4) is 0 Å². The highest BCUT2D eigenvalue weighted by Gasteiger charge is 2.58. The smallest absolute Gasteiger partial charge is 0.137 e. The van der Waals surface area contributed by atoms with Crippen molar-refractivity contribution in [1.82, 2.24) is 9.80 Å². The SMILES string of the molecule is CC(C)(C)C1CCN(C(=O)[O-])[C@]1(CSC[C@@H]1CCCN1C(=O)[O-])C(C)(C)C. The number of nitrogens with zero attached hydrogens (tertiary/aromatic N) is 2. The Morgan fingerprint density at radius 1 is 1.04 bits per heavy atom. The standard InChI is InChI=1S/C20H36N2O4S/c1-18(2,3)15-9-11-22(17(25)26)20(15,19(4,5)6)13-27-12-14-8-7-10-21(14)16(23)24/h14-15H,7-13H2,1-6H3,(H,23,24)(H,25,26)/p-2/t14-,15?,20-/m0/s1. The lowest BCUT2D eigenvalue weighted by Gasteiger charge is -2.55. The lowest BCUT2D eigenvalue weighted by molar-refractivity contribution is -0.273. The maximum atomic E-state index is 12.0. The summed E-state index contributed by atoms with van der Waals surface area (Å²) in [4.78, 5) is 26.3. The number of carbonyl (C=O) groups excluding carboxylic acids is 2. The molecule has 2 saturated heterocycles. The van der Waals surface area contributed by atoms with E-state index in [0.717, 1.165) is 19.3 Å². The second-order valence-corrected chi connectivity index (χ2v) is 11.1. The highest BCUT2D eigenvalue weighted by Crippen LogP contribution is 2.55. The van der Waals surface area contributed by atoms with Crippen molar-refractivity contribution in [2.24, 2.45) is 16.7 Å². The minimum Gasteiger partial charge on any atom is -0.530 e. The Labute approximate surface area is 167 Å². The zero-order chi connectivity index (χ0) is 20.6. The van der Waals surface area contributed by atoms with Crippen LogP contribution in [0.5, 0.6) is 0 Å². The molecule has 27 heavy (non-hydrogen) atoms. The molecule has 2 amide bonds. The molecule has 0 spiro atoms. The largest absolute Gasteiger partial charge is 0.530 e. The first kappa shape index (κ1) is 22.2. The molecule has 0 saturated carbocycles. The molecule has 6 nitrogen and oxygen atoms in total. The summed E-state index contributed by atoms with van der Waals surface area (Å²) in [5.41, 5.74) is -0.847. The van der Waals surface area contributed by atoms with Crippen molar-refractivity contribution in [3.63, 3.8) is 0 Å². The van der Waals surface area contributed by atoms with Gasteiger partial charge in [-0.05, 0) is 36.0 Å². The molecule has 0 bridgehead atoms. The molecule has 7 heteroatoms. The molecule has 0 aromatic rings. The van der Waals surface area contributed by atoms with E-state index in [0.29, 0.717) is 24.6 Å². The molecule has 2 heterocycles. The molecule has 2 fully saturated rings. The summed E-state index contributed by atoms with van der Waals surface area (Å²) in [5.74, 6) is 1.52. The van der Waals surface area contributed by atoms with Crippen LogP contribution in [0, 0.1) is 16.7 Å². The summed E-state index contributed by atoms with van der Waals surface area (Å²) in [6, 6.07) is -0.0390. The summed E-state index contributed by atoms with van der Waals surface area (Å²) in [6.07, 6.45) is 0.322. The maximum Gasteiger partial charge on any atom is 0.137 e. The Hall–Kier alpha value is -1.11. The molecule has 0 radical (unpaired) electrons. The van der Waals surface area contributed by atoms with Crippen LogP contribution in [0.1, 0.15) is 60.8 Å². The van der Waals surface area contributed by atoms with Crippen LogP contribution in [0.4, 0.5) is 9.59 Å². The number of rotatable bonds is 4. The number of hydrogen-bond donors (Lipinski definition) is 0. The van der Waals surface area contributed by atoms with Gasteiger partial charge in [0.05, 0.1) is 5.54 Å². The lowest BCUT2D eigenvalue weighted by Crippen LogP contribution is -2.65. The van der Waals surface area contributed by atoms with Crippen LogP contribution in [0.2, 0.25) is 0 Å². The summed E-state index contributed by atoms with van der Waals surface area (Å²) >= 11 is 1.67. The zero-order valence-corrected chi connectivity index (χ0v) is 18.4. The van der Waals surface area contributed by atoms with Gasteiger partial charge in [-0.25, -0.2) is 0 Å². The third kappa shape index (κ3) is 4.17. The highest BCUT2D eigenvalue weighted by atomic mass is 32.2. The number of likely N-dealkylation sites (tertiary alicyclic amines) is 2. The van der Waals surface area contributed by atoms with E-state index in [1.165, 1.54) is 4.90 Å². The van der Waals surface area contributed by atoms with Gasteiger partial charge in [-0.2, -0.15) is 11.8 Å². The normalized spacial score (nSPS) is 29.4. The second-order valence-electron chi connectivity index (χ2n) is 10.1. The minimum atomic E-state index is -1.10. The molecule has 3 atom stereocenters. The van der Waals surface area contributed by atoms with Gasteiger partial charge in [-0.15, -0.1) is 0 Å². The Kier molecular flexibility index (Phi) is 6.34. The summed E-state index contributed by atoms with van der Waals surface area (Å²) in [7, 11) is 0. The molecule has 2 aliphatic rings. The maximum absolute atomic E-state index is 12.0. The molecule has 0 N–H and O–H groups in total. The number of amides is 2. The minimum absolute atomic E-state index is 0.0390. The number of hydrogen-bond acceptors (Lipinski definition) is 5. The number of carboxylic acid groups (broad SMARTS) is 2. The molecule has 2 aliphatic heterocycles. The van der Waals surface area contributed by atoms with Crippen molar-refractivity contribution >= 4 is 23.9 Å². The van der Waals surface area contributed by atoms with Crippen molar-refractivity contribution in [1.29, 1.82) is 0 Å². The Morgan fingerprint density at radius 2 is 1.67 bits per heavy atom. The molecule has 156 valence electrons. The molecule has 2 rings (SSSR count). The first-order valence-electron chi connectivity index (χ1n) is 9.86. The third-order valence-electron chi connectivity index (χ3n) is 6.51. The monoisotopic (exact) mass is 398 g/mol. The molecular weight excluding hydrogens is 364 g/mol. The fraction of sp³-hybridized carbons (Fsp3) is 0.900. The predicted octanol–water partition coefficient (Wildman–Crippen LogP) is 2.02. The summed E-state index contributed by atoms with van der Waals surface area (Å²) in [6.45, 7) is 13.9. The van der Waals surface area contributed by atoms with Crippen LogP contribution < -0.4 is 10.2 Å². The lowest BCUT2D eigenvalue weighted by atomic mass is 9.60. The van der Waals surface area contributed by atoms with Gasteiger partial charge in [-0.3, -0.25) is 0 Å². The quantitative estimate of drug-likeness (QED) is 0.723. The highest BCUT2D eigenvalue weighted by molar-refractivity contribution is 7.99. The van der Waals surface area contributed by atoms with Crippen LogP contribution in [-0.4, -0.2) is 58.2 Å². The van der Waals surface area contributed by atoms with Gasteiger partial charge in [0, 0.05) is 30.6 Å². The molecular formula is C20H34N2O4S-2. The van der Waals surface area contributed by atoms with E-state index in [9.17, 15) is 19.8 Å².